The monoisotopic (exact) mass is 478 g/mol. The summed E-state index contributed by atoms with van der Waals surface area (Å²) >= 11 is 6.47. The number of methoxy groups -OCH3 is 1. The first-order chi connectivity index (χ1) is 16.5. The Morgan fingerprint density at radius 1 is 1.03 bits per heavy atom. The first-order valence-electron chi connectivity index (χ1n) is 10.9. The summed E-state index contributed by atoms with van der Waals surface area (Å²) in [5.41, 5.74) is 2.45. The van der Waals surface area contributed by atoms with Crippen molar-refractivity contribution in [1.29, 1.82) is 0 Å². The molecule has 0 spiro atoms. The number of carbonyl (C=O) groups is 1. The van der Waals surface area contributed by atoms with Gasteiger partial charge in [0.2, 0.25) is 0 Å². The van der Waals surface area contributed by atoms with Crippen molar-refractivity contribution in [3.8, 4) is 5.69 Å². The van der Waals surface area contributed by atoms with Crippen LogP contribution in [0.2, 0.25) is 5.02 Å². The molecule has 0 bridgehead atoms. The lowest BCUT2D eigenvalue weighted by atomic mass is 10.1. The minimum atomic E-state index is -0.365. The van der Waals surface area contributed by atoms with Crippen LogP contribution in [0.3, 0.4) is 0 Å². The Balaban J connectivity index is 1.27. The Kier molecular flexibility index (Phi) is 6.04. The molecule has 5 rings (SSSR count). The normalized spacial score (nSPS) is 14.5. The summed E-state index contributed by atoms with van der Waals surface area (Å²) in [6.45, 7) is 3.60. The molecule has 4 aromatic rings. The molecule has 1 aliphatic rings. The van der Waals surface area contributed by atoms with Gasteiger partial charge in [-0.15, -0.1) is 0 Å². The fourth-order valence-electron chi connectivity index (χ4n) is 4.16. The van der Waals surface area contributed by atoms with Crippen molar-refractivity contribution < 1.29 is 9.53 Å². The number of para-hydroxylation sites is 1. The van der Waals surface area contributed by atoms with Gasteiger partial charge < -0.3 is 9.64 Å². The van der Waals surface area contributed by atoms with Crippen LogP contribution in [0.25, 0.3) is 16.6 Å². The lowest BCUT2D eigenvalue weighted by Crippen LogP contribution is -2.47. The van der Waals surface area contributed by atoms with Gasteiger partial charge in [-0.3, -0.25) is 14.4 Å². The molecule has 2 aromatic carbocycles. The molecule has 34 heavy (non-hydrogen) atoms. The van der Waals surface area contributed by atoms with Crippen LogP contribution < -0.4 is 10.5 Å². The van der Waals surface area contributed by atoms with Gasteiger partial charge in [-0.1, -0.05) is 29.8 Å². The molecule has 1 aliphatic heterocycles. The third kappa shape index (κ3) is 4.15. The highest BCUT2D eigenvalue weighted by molar-refractivity contribution is 6.33. The van der Waals surface area contributed by atoms with Crippen LogP contribution in [0.5, 0.6) is 0 Å². The van der Waals surface area contributed by atoms with Crippen molar-refractivity contribution in [2.24, 2.45) is 0 Å². The third-order valence-electron chi connectivity index (χ3n) is 6.01. The Bertz CT molecular complexity index is 1390. The van der Waals surface area contributed by atoms with E-state index in [1.54, 1.807) is 24.5 Å². The summed E-state index contributed by atoms with van der Waals surface area (Å²) in [5.74, 6) is -0.365. The highest BCUT2D eigenvalue weighted by Crippen LogP contribution is 2.24. The molecule has 1 saturated heterocycles. The standard InChI is InChI=1S/C24H23ClN6O3/c1-34-24(33)17-7-8-20-18(13-17)14-26-30(20)16-28-9-11-29(12-10-28)21-15-27-31(23(32)22(21)25)19-5-3-2-4-6-19/h2-8,13-15H,9-12,16H2,1H3. The molecule has 3 heterocycles. The molecule has 0 radical (unpaired) electrons. The van der Waals surface area contributed by atoms with E-state index in [1.165, 1.54) is 11.8 Å². The van der Waals surface area contributed by atoms with E-state index in [2.05, 4.69) is 20.0 Å². The molecule has 0 amide bonds. The number of nitrogens with zero attached hydrogens (tertiary/aromatic N) is 6. The maximum Gasteiger partial charge on any atom is 0.337 e. The predicted molar refractivity (Wildman–Crippen MR) is 130 cm³/mol. The first-order valence-corrected chi connectivity index (χ1v) is 11.3. The summed E-state index contributed by atoms with van der Waals surface area (Å²) < 4.78 is 8.03. The zero-order valence-corrected chi connectivity index (χ0v) is 19.4. The summed E-state index contributed by atoms with van der Waals surface area (Å²) in [7, 11) is 1.37. The summed E-state index contributed by atoms with van der Waals surface area (Å²) in [6.07, 6.45) is 3.41. The van der Waals surface area contributed by atoms with E-state index in [4.69, 9.17) is 16.3 Å². The number of fused-ring (bicyclic) bond motifs is 1. The Hall–Kier alpha value is -3.69. The first kappa shape index (κ1) is 22.1. The number of benzene rings is 2. The highest BCUT2D eigenvalue weighted by atomic mass is 35.5. The number of rotatable bonds is 5. The number of ether oxygens (including phenoxy) is 1. The van der Waals surface area contributed by atoms with E-state index in [0.29, 0.717) is 36.7 Å². The topological polar surface area (TPSA) is 85.5 Å². The largest absolute Gasteiger partial charge is 0.465 e. The van der Waals surface area contributed by atoms with Crippen LogP contribution in [0, 0.1) is 0 Å². The van der Waals surface area contributed by atoms with Crippen LogP contribution >= 0.6 is 11.6 Å². The van der Waals surface area contributed by atoms with Crippen molar-refractivity contribution in [3.05, 3.63) is 81.9 Å². The van der Waals surface area contributed by atoms with E-state index < -0.39 is 0 Å². The number of hydrogen-bond donors (Lipinski definition) is 0. The highest BCUT2D eigenvalue weighted by Gasteiger charge is 2.22. The summed E-state index contributed by atoms with van der Waals surface area (Å²) in [4.78, 5) is 28.9. The minimum absolute atomic E-state index is 0.173. The molecule has 0 N–H and O–H groups in total. The van der Waals surface area contributed by atoms with E-state index in [0.717, 1.165) is 24.0 Å². The Morgan fingerprint density at radius 2 is 1.79 bits per heavy atom. The van der Waals surface area contributed by atoms with Crippen LogP contribution in [-0.4, -0.2) is 63.7 Å². The van der Waals surface area contributed by atoms with Crippen molar-refractivity contribution in [1.82, 2.24) is 24.5 Å². The van der Waals surface area contributed by atoms with Crippen molar-refractivity contribution in [3.63, 3.8) is 0 Å². The van der Waals surface area contributed by atoms with Crippen LogP contribution in [0.1, 0.15) is 10.4 Å². The molecule has 174 valence electrons. The van der Waals surface area contributed by atoms with Crippen molar-refractivity contribution in [2.75, 3.05) is 38.2 Å². The SMILES string of the molecule is COC(=O)c1ccc2c(cnn2CN2CCN(c3cnn(-c4ccccc4)c(=O)c3Cl)CC2)c1. The molecule has 2 aromatic heterocycles. The summed E-state index contributed by atoms with van der Waals surface area (Å²) in [5, 5.41) is 9.89. The van der Waals surface area contributed by atoms with Gasteiger partial charge >= 0.3 is 5.97 Å². The number of aromatic nitrogens is 4. The predicted octanol–water partition coefficient (Wildman–Crippen LogP) is 2.80. The Labute approximate surface area is 200 Å². The maximum absolute atomic E-state index is 12.8. The van der Waals surface area contributed by atoms with Gasteiger partial charge in [0.05, 0.1) is 48.6 Å². The second-order valence-electron chi connectivity index (χ2n) is 8.05. The molecular formula is C24H23ClN6O3. The van der Waals surface area contributed by atoms with Gasteiger partial charge in [0.25, 0.3) is 5.56 Å². The zero-order chi connectivity index (χ0) is 23.7. The molecular weight excluding hydrogens is 456 g/mol. The smallest absolute Gasteiger partial charge is 0.337 e. The molecule has 0 atom stereocenters. The Morgan fingerprint density at radius 3 is 2.53 bits per heavy atom. The molecule has 0 aliphatic carbocycles. The zero-order valence-electron chi connectivity index (χ0n) is 18.6. The van der Waals surface area contributed by atoms with Gasteiger partial charge in [0.15, 0.2) is 0 Å². The van der Waals surface area contributed by atoms with Gasteiger partial charge in [-0.2, -0.15) is 14.9 Å². The number of anilines is 1. The number of hydrogen-bond acceptors (Lipinski definition) is 7. The fraction of sp³-hybridized carbons (Fsp3) is 0.250. The minimum Gasteiger partial charge on any atom is -0.465 e. The average Bonchev–Trinajstić information content (AvgIpc) is 3.28. The van der Waals surface area contributed by atoms with E-state index in [-0.39, 0.29) is 16.6 Å². The van der Waals surface area contributed by atoms with Crippen LogP contribution in [0.15, 0.2) is 65.7 Å². The average molecular weight is 479 g/mol. The summed E-state index contributed by atoms with van der Waals surface area (Å²) in [6, 6.07) is 14.6. The molecule has 9 nitrogen and oxygen atoms in total. The molecule has 10 heteroatoms. The molecule has 0 unspecified atom stereocenters. The quantitative estimate of drug-likeness (QED) is 0.408. The van der Waals surface area contributed by atoms with Gasteiger partial charge in [0, 0.05) is 31.6 Å². The number of piperazine rings is 1. The van der Waals surface area contributed by atoms with E-state index in [9.17, 15) is 9.59 Å². The van der Waals surface area contributed by atoms with E-state index in [1.807, 2.05) is 41.1 Å². The van der Waals surface area contributed by atoms with Crippen LogP contribution in [0.4, 0.5) is 5.69 Å². The lowest BCUT2D eigenvalue weighted by molar-refractivity contribution is 0.0601. The van der Waals surface area contributed by atoms with Gasteiger partial charge in [-0.05, 0) is 30.3 Å². The van der Waals surface area contributed by atoms with Crippen molar-refractivity contribution in [2.45, 2.75) is 6.67 Å². The van der Waals surface area contributed by atoms with E-state index >= 15 is 0 Å². The van der Waals surface area contributed by atoms with Gasteiger partial charge in [-0.25, -0.2) is 4.79 Å². The molecule has 0 saturated carbocycles. The second kappa shape index (κ2) is 9.28. The maximum atomic E-state index is 12.8. The van der Waals surface area contributed by atoms with Gasteiger partial charge in [0.1, 0.15) is 5.02 Å². The molecule has 1 fully saturated rings. The number of halogens is 1. The third-order valence-corrected chi connectivity index (χ3v) is 6.37. The lowest BCUT2D eigenvalue weighted by Gasteiger charge is -2.36. The number of carbonyl (C=O) groups excluding carboxylic acids is 1. The number of esters is 1. The van der Waals surface area contributed by atoms with Crippen LogP contribution in [-0.2, 0) is 11.4 Å². The second-order valence-corrected chi connectivity index (χ2v) is 8.43. The fourth-order valence-corrected chi connectivity index (χ4v) is 4.41. The van der Waals surface area contributed by atoms with Crippen molar-refractivity contribution >= 4 is 34.2 Å².